The minimum Gasteiger partial charge on any atom is -0.295 e. The van der Waals surface area contributed by atoms with E-state index < -0.39 is 0 Å². The lowest BCUT2D eigenvalue weighted by atomic mass is 10.1. The fraction of sp³-hybridized carbons (Fsp3) is 0.0769. The zero-order chi connectivity index (χ0) is 14.5. The third kappa shape index (κ3) is 3.17. The summed E-state index contributed by atoms with van der Waals surface area (Å²) < 4.78 is 0. The molecule has 0 fully saturated rings. The first-order valence-electron chi connectivity index (χ1n) is 5.72. The first-order valence-corrected chi connectivity index (χ1v) is 6.10. The molecule has 20 heavy (non-hydrogen) atoms. The van der Waals surface area contributed by atoms with Crippen molar-refractivity contribution in [1.29, 1.82) is 0 Å². The molecule has 6 nitrogen and oxygen atoms in total. The van der Waals surface area contributed by atoms with Crippen LogP contribution in [0.2, 0.25) is 5.02 Å². The third-order valence-corrected chi connectivity index (χ3v) is 2.75. The predicted molar refractivity (Wildman–Crippen MR) is 80.5 cm³/mol. The minimum absolute atomic E-state index is 0.394. The summed E-state index contributed by atoms with van der Waals surface area (Å²) in [6.07, 6.45) is 1.44. The van der Waals surface area contributed by atoms with Crippen LogP contribution in [0.1, 0.15) is 5.69 Å². The van der Waals surface area contributed by atoms with Gasteiger partial charge in [0, 0.05) is 24.4 Å². The van der Waals surface area contributed by atoms with Gasteiger partial charge in [-0.15, -0.1) is 5.10 Å². The van der Waals surface area contributed by atoms with Crippen molar-refractivity contribution in [2.24, 2.45) is 16.0 Å². The number of hydrogen-bond donors (Lipinski definition) is 1. The zero-order valence-electron chi connectivity index (χ0n) is 10.9. The van der Waals surface area contributed by atoms with Crippen LogP contribution in [0.15, 0.2) is 46.9 Å². The molecular weight excluding hydrogens is 276 g/mol. The molecule has 0 spiro atoms. The van der Waals surface area contributed by atoms with Crippen LogP contribution in [0.3, 0.4) is 0 Å². The minimum atomic E-state index is 0.394. The second-order valence-electron chi connectivity index (χ2n) is 3.97. The molecule has 0 aliphatic rings. The summed E-state index contributed by atoms with van der Waals surface area (Å²) in [5, 5.41) is 9.30. The highest BCUT2D eigenvalue weighted by Crippen LogP contribution is 2.21. The highest BCUT2D eigenvalue weighted by molar-refractivity contribution is 6.30. The van der Waals surface area contributed by atoms with Crippen molar-refractivity contribution in [3.05, 3.63) is 47.4 Å². The van der Waals surface area contributed by atoms with Crippen molar-refractivity contribution in [3.8, 4) is 11.3 Å². The van der Waals surface area contributed by atoms with Gasteiger partial charge in [-0.3, -0.25) is 5.01 Å². The summed E-state index contributed by atoms with van der Waals surface area (Å²) >= 11 is 5.98. The average Bonchev–Trinajstić information content (AvgIpc) is 2.44. The predicted octanol–water partition coefficient (Wildman–Crippen LogP) is 1.96. The first-order chi connectivity index (χ1) is 9.61. The summed E-state index contributed by atoms with van der Waals surface area (Å²) in [5.41, 5.74) is 2.15. The molecule has 0 saturated heterocycles. The molecule has 0 atom stereocenters. The molecule has 1 aromatic carbocycles. The zero-order valence-corrected chi connectivity index (χ0v) is 11.6. The van der Waals surface area contributed by atoms with Crippen LogP contribution in [0.4, 0.5) is 0 Å². The summed E-state index contributed by atoms with van der Waals surface area (Å²) in [6.45, 7) is 3.32. The van der Waals surface area contributed by atoms with Gasteiger partial charge >= 0.3 is 0 Å². The maximum atomic E-state index is 5.98. The fourth-order valence-corrected chi connectivity index (χ4v) is 1.84. The maximum Gasteiger partial charge on any atom is 0.190 e. The quantitative estimate of drug-likeness (QED) is 0.405. The highest BCUT2D eigenvalue weighted by Gasteiger charge is 2.11. The Morgan fingerprint density at radius 3 is 2.80 bits per heavy atom. The van der Waals surface area contributed by atoms with E-state index in [9.17, 15) is 0 Å². The number of benzene rings is 1. The number of aromatic nitrogens is 2. The molecule has 0 aliphatic carbocycles. The molecule has 0 aliphatic heterocycles. The Hall–Kier alpha value is -2.31. The molecule has 0 amide bonds. The largest absolute Gasteiger partial charge is 0.295 e. The molecule has 2 rings (SSSR count). The lowest BCUT2D eigenvalue weighted by Gasteiger charge is -2.13. The van der Waals surface area contributed by atoms with E-state index in [1.807, 2.05) is 18.2 Å². The van der Waals surface area contributed by atoms with Crippen LogP contribution in [-0.4, -0.2) is 34.6 Å². The number of nitrogens with zero attached hydrogens (tertiary/aromatic N) is 5. The smallest absolute Gasteiger partial charge is 0.190 e. The highest BCUT2D eigenvalue weighted by atomic mass is 35.5. The monoisotopic (exact) mass is 288 g/mol. The van der Waals surface area contributed by atoms with Gasteiger partial charge in [0.1, 0.15) is 12.0 Å². The molecular formula is C13H13ClN6. The van der Waals surface area contributed by atoms with Gasteiger partial charge in [0.15, 0.2) is 5.84 Å². The number of rotatable bonds is 3. The molecule has 102 valence electrons. The number of amidine groups is 1. The topological polar surface area (TPSA) is 79.8 Å². The molecule has 2 aromatic rings. The SMILES string of the molecule is C=N/N=C(/c1cc(-c2cccc(Cl)c2)ncn1)N(C)N. The van der Waals surface area contributed by atoms with Gasteiger partial charge in [-0.1, -0.05) is 23.7 Å². The summed E-state index contributed by atoms with van der Waals surface area (Å²) in [5.74, 6) is 6.10. The van der Waals surface area contributed by atoms with Gasteiger partial charge < -0.3 is 0 Å². The Morgan fingerprint density at radius 1 is 1.35 bits per heavy atom. The van der Waals surface area contributed by atoms with E-state index in [2.05, 4.69) is 26.9 Å². The maximum absolute atomic E-state index is 5.98. The summed E-state index contributed by atoms with van der Waals surface area (Å²) in [6, 6.07) is 9.15. The van der Waals surface area contributed by atoms with Crippen LogP contribution in [-0.2, 0) is 0 Å². The van der Waals surface area contributed by atoms with Gasteiger partial charge in [-0.25, -0.2) is 15.8 Å². The Kier molecular flexibility index (Phi) is 4.39. The normalized spacial score (nSPS) is 11.2. The van der Waals surface area contributed by atoms with Crippen molar-refractivity contribution in [1.82, 2.24) is 15.0 Å². The molecule has 1 heterocycles. The van der Waals surface area contributed by atoms with E-state index >= 15 is 0 Å². The van der Waals surface area contributed by atoms with E-state index in [-0.39, 0.29) is 0 Å². The van der Waals surface area contributed by atoms with Crippen LogP contribution in [0.5, 0.6) is 0 Å². The lowest BCUT2D eigenvalue weighted by Crippen LogP contribution is -2.34. The molecule has 0 bridgehead atoms. The third-order valence-electron chi connectivity index (χ3n) is 2.52. The van der Waals surface area contributed by atoms with E-state index in [0.29, 0.717) is 16.6 Å². The second-order valence-corrected chi connectivity index (χ2v) is 4.41. The average molecular weight is 289 g/mol. The molecule has 0 radical (unpaired) electrons. The van der Waals surface area contributed by atoms with Crippen molar-refractivity contribution in [3.63, 3.8) is 0 Å². The fourth-order valence-electron chi connectivity index (χ4n) is 1.65. The van der Waals surface area contributed by atoms with E-state index in [1.54, 1.807) is 19.2 Å². The Balaban J connectivity index is 2.47. The molecule has 7 heteroatoms. The Labute approximate surface area is 121 Å². The number of halogens is 1. The number of hydrazine groups is 1. The Bertz CT molecular complexity index is 653. The van der Waals surface area contributed by atoms with Crippen molar-refractivity contribution in [2.45, 2.75) is 0 Å². The van der Waals surface area contributed by atoms with Crippen molar-refractivity contribution in [2.75, 3.05) is 7.05 Å². The van der Waals surface area contributed by atoms with Gasteiger partial charge in [-0.05, 0) is 18.2 Å². The number of hydrogen-bond acceptors (Lipinski definition) is 5. The van der Waals surface area contributed by atoms with E-state index in [4.69, 9.17) is 17.4 Å². The van der Waals surface area contributed by atoms with Crippen molar-refractivity contribution < 1.29 is 0 Å². The molecule has 0 unspecified atom stereocenters. The van der Waals surface area contributed by atoms with Crippen LogP contribution >= 0.6 is 11.6 Å². The molecule has 2 N–H and O–H groups in total. The molecule has 0 saturated carbocycles. The van der Waals surface area contributed by atoms with Crippen LogP contribution < -0.4 is 5.84 Å². The summed E-state index contributed by atoms with van der Waals surface area (Å²) in [4.78, 5) is 8.37. The first kappa shape index (κ1) is 14.1. The standard InChI is InChI=1S/C13H13ClN6/c1-16-19-13(20(2)15)12-7-11(17-8-18-12)9-4-3-5-10(14)6-9/h3-8H,1,15H2,2H3/b19-13-. The Morgan fingerprint density at radius 2 is 2.15 bits per heavy atom. The van der Waals surface area contributed by atoms with Gasteiger partial charge in [0.25, 0.3) is 0 Å². The van der Waals surface area contributed by atoms with Crippen molar-refractivity contribution >= 4 is 24.2 Å². The van der Waals surface area contributed by atoms with E-state index in [0.717, 1.165) is 11.3 Å². The van der Waals surface area contributed by atoms with Gasteiger partial charge in [-0.2, -0.15) is 5.10 Å². The van der Waals surface area contributed by atoms with E-state index in [1.165, 1.54) is 11.3 Å². The van der Waals surface area contributed by atoms with Crippen LogP contribution in [0.25, 0.3) is 11.3 Å². The van der Waals surface area contributed by atoms with Gasteiger partial charge in [0.2, 0.25) is 0 Å². The summed E-state index contributed by atoms with van der Waals surface area (Å²) in [7, 11) is 1.64. The number of nitrogens with two attached hydrogens (primary N) is 1. The lowest BCUT2D eigenvalue weighted by molar-refractivity contribution is 0.536. The van der Waals surface area contributed by atoms with Gasteiger partial charge in [0.05, 0.1) is 5.69 Å². The molecule has 1 aromatic heterocycles. The second kappa shape index (κ2) is 6.23. The van der Waals surface area contributed by atoms with Crippen LogP contribution in [0, 0.1) is 0 Å².